The summed E-state index contributed by atoms with van der Waals surface area (Å²) in [4.78, 5) is 2.39. The van der Waals surface area contributed by atoms with Crippen LogP contribution in [0.15, 0.2) is 78.9 Å². The van der Waals surface area contributed by atoms with Gasteiger partial charge in [-0.1, -0.05) is 36.4 Å². The summed E-state index contributed by atoms with van der Waals surface area (Å²) in [6, 6.07) is 21.4. The van der Waals surface area contributed by atoms with Crippen molar-refractivity contribution in [2.75, 3.05) is 13.1 Å². The largest absolute Gasteiger partial charge is 0.508 e. The van der Waals surface area contributed by atoms with E-state index in [9.17, 15) is 25.5 Å². The third kappa shape index (κ3) is 3.17. The first-order valence-corrected chi connectivity index (χ1v) is 12.8. The SMILES string of the molecule is Oc1cccc([C@]23C=C4CN(CCc5ccc(c(O)c5)-c5ccc(O)cc54)[C@H]2Cc2ccc(O)c(O)c23)c1. The summed E-state index contributed by atoms with van der Waals surface area (Å²) in [6.45, 7) is 1.29. The maximum Gasteiger partial charge on any atom is 0.162 e. The third-order valence-electron chi connectivity index (χ3n) is 8.52. The van der Waals surface area contributed by atoms with Crippen molar-refractivity contribution in [1.29, 1.82) is 0 Å². The number of hydrogen-bond acceptors (Lipinski definition) is 6. The van der Waals surface area contributed by atoms with Crippen LogP contribution >= 0.6 is 0 Å². The fourth-order valence-electron chi connectivity index (χ4n) is 6.87. The molecule has 0 fully saturated rings. The van der Waals surface area contributed by atoms with Gasteiger partial charge in [-0.05, 0) is 88.7 Å². The van der Waals surface area contributed by atoms with Crippen LogP contribution in [0.5, 0.6) is 28.7 Å². The van der Waals surface area contributed by atoms with Crippen LogP contribution in [-0.2, 0) is 18.3 Å². The first kappa shape index (κ1) is 22.8. The fourth-order valence-corrected chi connectivity index (χ4v) is 6.87. The van der Waals surface area contributed by atoms with Crippen molar-refractivity contribution in [2.24, 2.45) is 0 Å². The molecule has 4 aromatic rings. The standard InChI is InChI=1S/C32H27NO5/c34-22-3-1-2-21(14-22)32-16-20-17-33(29(32)13-19-5-9-27(36)31(38)30(19)32)11-10-18-4-7-25(28(37)12-18)24-8-6-23(35)15-26(20)24/h1-9,12,14-16,29,34-38H,10-11,13,17H2/t29-,32+/m0/s1. The van der Waals surface area contributed by atoms with Crippen molar-refractivity contribution in [3.63, 3.8) is 0 Å². The molecule has 6 nitrogen and oxygen atoms in total. The van der Waals surface area contributed by atoms with Crippen molar-refractivity contribution in [1.82, 2.24) is 4.90 Å². The lowest BCUT2D eigenvalue weighted by Crippen LogP contribution is -2.52. The lowest BCUT2D eigenvalue weighted by atomic mass is 9.68. The number of benzene rings is 4. The second-order valence-electron chi connectivity index (χ2n) is 10.6. The van der Waals surface area contributed by atoms with Gasteiger partial charge < -0.3 is 25.5 Å². The molecule has 0 radical (unpaired) electrons. The number of aromatic hydroxyl groups is 5. The van der Waals surface area contributed by atoms with E-state index in [0.717, 1.165) is 33.4 Å². The van der Waals surface area contributed by atoms with Gasteiger partial charge in [-0.2, -0.15) is 0 Å². The number of phenols is 5. The highest BCUT2D eigenvalue weighted by Gasteiger charge is 2.53. The Kier molecular flexibility index (Phi) is 4.81. The molecule has 1 aliphatic carbocycles. The average Bonchev–Trinajstić information content (AvgIpc) is 3.24. The Labute approximate surface area is 220 Å². The topological polar surface area (TPSA) is 104 Å². The zero-order valence-electron chi connectivity index (χ0n) is 20.6. The first-order chi connectivity index (χ1) is 18.3. The van der Waals surface area contributed by atoms with Gasteiger partial charge in [-0.15, -0.1) is 0 Å². The van der Waals surface area contributed by atoms with E-state index in [2.05, 4.69) is 11.0 Å². The summed E-state index contributed by atoms with van der Waals surface area (Å²) < 4.78 is 0. The van der Waals surface area contributed by atoms with Gasteiger partial charge in [0.2, 0.25) is 0 Å². The van der Waals surface area contributed by atoms with E-state index in [1.54, 1.807) is 30.3 Å². The molecule has 6 heteroatoms. The van der Waals surface area contributed by atoms with Crippen LogP contribution in [0.3, 0.4) is 0 Å². The van der Waals surface area contributed by atoms with Gasteiger partial charge in [0.05, 0.1) is 5.41 Å². The van der Waals surface area contributed by atoms with Gasteiger partial charge >= 0.3 is 0 Å². The number of nitrogens with zero attached hydrogens (tertiary/aromatic N) is 1. The Hall–Kier alpha value is -4.42. The minimum Gasteiger partial charge on any atom is -0.508 e. The Bertz CT molecular complexity index is 1660. The minimum atomic E-state index is -0.876. The second kappa shape index (κ2) is 8.04. The van der Waals surface area contributed by atoms with Crippen molar-refractivity contribution < 1.29 is 25.5 Å². The van der Waals surface area contributed by atoms with Gasteiger partial charge in [0, 0.05) is 30.3 Å². The zero-order chi connectivity index (χ0) is 26.2. The van der Waals surface area contributed by atoms with Crippen molar-refractivity contribution in [2.45, 2.75) is 24.3 Å². The molecule has 5 N–H and O–H groups in total. The van der Waals surface area contributed by atoms with Gasteiger partial charge in [-0.3, -0.25) is 4.90 Å². The van der Waals surface area contributed by atoms with Gasteiger partial charge in [-0.25, -0.2) is 0 Å². The van der Waals surface area contributed by atoms with Crippen LogP contribution in [0.2, 0.25) is 0 Å². The van der Waals surface area contributed by atoms with E-state index in [1.807, 2.05) is 36.4 Å². The molecular weight excluding hydrogens is 478 g/mol. The molecule has 190 valence electrons. The summed E-state index contributed by atoms with van der Waals surface area (Å²) in [5.41, 5.74) is 5.71. The molecule has 0 spiro atoms. The predicted molar refractivity (Wildman–Crippen MR) is 145 cm³/mol. The van der Waals surface area contributed by atoms with E-state index in [4.69, 9.17) is 0 Å². The number of rotatable bonds is 1. The van der Waals surface area contributed by atoms with E-state index >= 15 is 0 Å². The molecule has 0 saturated carbocycles. The van der Waals surface area contributed by atoms with Crippen molar-refractivity contribution in [3.05, 3.63) is 107 Å². The number of phenolic OH excluding ortho intramolecular Hbond substituents is 5. The maximum atomic E-state index is 11.3. The normalized spacial score (nSPS) is 23.1. The van der Waals surface area contributed by atoms with Crippen LogP contribution in [0, 0.1) is 0 Å². The van der Waals surface area contributed by atoms with Crippen LogP contribution in [0.25, 0.3) is 16.7 Å². The molecule has 4 bridgehead atoms. The summed E-state index contributed by atoms with van der Waals surface area (Å²) in [6.07, 6.45) is 3.50. The van der Waals surface area contributed by atoms with Crippen LogP contribution in [-0.4, -0.2) is 49.6 Å². The highest BCUT2D eigenvalue weighted by molar-refractivity contribution is 5.87. The molecule has 4 aromatic carbocycles. The molecule has 0 saturated heterocycles. The Balaban J connectivity index is 1.59. The molecule has 4 aliphatic rings. The monoisotopic (exact) mass is 505 g/mol. The molecule has 8 rings (SSSR count). The quantitative estimate of drug-likeness (QED) is 0.232. The highest BCUT2D eigenvalue weighted by Crippen LogP contribution is 2.56. The Morgan fingerprint density at radius 2 is 1.55 bits per heavy atom. The summed E-state index contributed by atoms with van der Waals surface area (Å²) in [7, 11) is 0. The average molecular weight is 506 g/mol. The summed E-state index contributed by atoms with van der Waals surface area (Å²) in [5, 5.41) is 53.9. The third-order valence-corrected chi connectivity index (χ3v) is 8.52. The maximum absolute atomic E-state index is 11.3. The molecule has 1 unspecified atom stereocenters. The van der Waals surface area contributed by atoms with E-state index in [-0.39, 0.29) is 34.8 Å². The summed E-state index contributed by atoms with van der Waals surface area (Å²) >= 11 is 0. The predicted octanol–water partition coefficient (Wildman–Crippen LogP) is 5.05. The molecule has 3 atom stereocenters. The van der Waals surface area contributed by atoms with Gasteiger partial charge in [0.1, 0.15) is 17.2 Å². The minimum absolute atomic E-state index is 0.0933. The fraction of sp³-hybridized carbons (Fsp3) is 0.188. The van der Waals surface area contributed by atoms with Crippen LogP contribution < -0.4 is 0 Å². The lowest BCUT2D eigenvalue weighted by molar-refractivity contribution is 0.176. The first-order valence-electron chi connectivity index (χ1n) is 12.8. The molecule has 0 aromatic heterocycles. The molecule has 3 heterocycles. The molecular formula is C32H27NO5. The van der Waals surface area contributed by atoms with Crippen LogP contribution in [0.1, 0.15) is 27.8 Å². The smallest absolute Gasteiger partial charge is 0.162 e. The Morgan fingerprint density at radius 3 is 2.37 bits per heavy atom. The van der Waals surface area contributed by atoms with E-state index in [1.165, 1.54) is 6.07 Å². The van der Waals surface area contributed by atoms with Crippen molar-refractivity contribution >= 4 is 5.57 Å². The molecule has 0 amide bonds. The van der Waals surface area contributed by atoms with E-state index < -0.39 is 5.41 Å². The van der Waals surface area contributed by atoms with Gasteiger partial charge in [0.15, 0.2) is 11.5 Å². The van der Waals surface area contributed by atoms with E-state index in [0.29, 0.717) is 37.1 Å². The molecule has 3 aliphatic heterocycles. The zero-order valence-corrected chi connectivity index (χ0v) is 20.6. The second-order valence-corrected chi connectivity index (χ2v) is 10.6. The van der Waals surface area contributed by atoms with Crippen LogP contribution in [0.4, 0.5) is 0 Å². The summed E-state index contributed by atoms with van der Waals surface area (Å²) in [5.74, 6) is 0.0834. The Morgan fingerprint density at radius 1 is 0.737 bits per heavy atom. The highest BCUT2D eigenvalue weighted by atomic mass is 16.3. The van der Waals surface area contributed by atoms with Gasteiger partial charge in [0.25, 0.3) is 0 Å². The van der Waals surface area contributed by atoms with Crippen molar-refractivity contribution in [3.8, 4) is 39.9 Å². The number of hydrogen-bond donors (Lipinski definition) is 5. The lowest BCUT2D eigenvalue weighted by Gasteiger charge is -2.46. The number of fused-ring (bicyclic) bond motifs is 6. The molecule has 38 heavy (non-hydrogen) atoms.